The Hall–Kier alpha value is -1.02. The van der Waals surface area contributed by atoms with Crippen LogP contribution >= 0.6 is 0 Å². The third-order valence-corrected chi connectivity index (χ3v) is 2.35. The topological polar surface area (TPSA) is 12.5 Å². The van der Waals surface area contributed by atoms with Gasteiger partial charge in [-0.25, -0.2) is 0 Å². The molecule has 0 aliphatic rings. The van der Waals surface area contributed by atoms with Gasteiger partial charge in [0.25, 0.3) is 0 Å². The van der Waals surface area contributed by atoms with Gasteiger partial charge in [0.15, 0.2) is 0 Å². The van der Waals surface area contributed by atoms with Gasteiger partial charge in [0, 0.05) is 6.54 Å². The van der Waals surface area contributed by atoms with Crippen molar-refractivity contribution in [2.24, 2.45) is 0 Å². The van der Waals surface area contributed by atoms with Crippen molar-refractivity contribution in [3.8, 4) is 5.75 Å². The maximum absolute atomic E-state index is 5.63. The van der Waals surface area contributed by atoms with Gasteiger partial charge >= 0.3 is 0 Å². The molecule has 1 aromatic rings. The highest BCUT2D eigenvalue weighted by Gasteiger charge is 1.95. The number of benzene rings is 1. The first kappa shape index (κ1) is 20.3. The zero-order chi connectivity index (χ0) is 15.1. The lowest BCUT2D eigenvalue weighted by Crippen LogP contribution is -2.15. The third-order valence-electron chi connectivity index (χ3n) is 2.35. The fourth-order valence-electron chi connectivity index (χ4n) is 1.39. The number of hydrogen-bond acceptors (Lipinski definition) is 2. The van der Waals surface area contributed by atoms with E-state index in [0.717, 1.165) is 31.7 Å². The predicted molar refractivity (Wildman–Crippen MR) is 87.2 cm³/mol. The number of nitrogens with zero attached hydrogens (tertiary/aromatic N) is 1. The Labute approximate surface area is 120 Å². The maximum atomic E-state index is 5.63. The largest absolute Gasteiger partial charge is 0.494 e. The number of aryl methyl sites for hydroxylation is 1. The highest BCUT2D eigenvalue weighted by Crippen LogP contribution is 2.12. The molecule has 0 aliphatic carbocycles. The van der Waals surface area contributed by atoms with Gasteiger partial charge in [-0.3, -0.25) is 0 Å². The Morgan fingerprint density at radius 3 is 1.89 bits per heavy atom. The summed E-state index contributed by atoms with van der Waals surface area (Å²) in [7, 11) is 4.16. The Balaban J connectivity index is 0. The van der Waals surface area contributed by atoms with E-state index >= 15 is 0 Å². The van der Waals surface area contributed by atoms with Crippen molar-refractivity contribution in [3.05, 3.63) is 29.8 Å². The first-order chi connectivity index (χ1) is 9.22. The van der Waals surface area contributed by atoms with E-state index in [9.17, 15) is 0 Å². The number of rotatable bonds is 6. The molecule has 0 fully saturated rings. The lowest BCUT2D eigenvalue weighted by atomic mass is 10.2. The van der Waals surface area contributed by atoms with E-state index in [1.165, 1.54) is 5.56 Å². The molecule has 0 N–H and O–H groups in total. The van der Waals surface area contributed by atoms with Gasteiger partial charge in [0.2, 0.25) is 0 Å². The van der Waals surface area contributed by atoms with Crippen LogP contribution < -0.4 is 4.74 Å². The molecule has 0 saturated heterocycles. The average Bonchev–Trinajstić information content (AvgIpc) is 2.48. The molecule has 2 nitrogen and oxygen atoms in total. The molecule has 19 heavy (non-hydrogen) atoms. The number of ether oxygens (including phenoxy) is 1. The van der Waals surface area contributed by atoms with E-state index in [4.69, 9.17) is 4.74 Å². The van der Waals surface area contributed by atoms with Crippen LogP contribution in [0.5, 0.6) is 5.75 Å². The molecular weight excluding hydrogens is 234 g/mol. The van der Waals surface area contributed by atoms with E-state index in [0.29, 0.717) is 0 Å². The Morgan fingerprint density at radius 2 is 1.47 bits per heavy atom. The number of hydrogen-bond donors (Lipinski definition) is 0. The van der Waals surface area contributed by atoms with E-state index in [1.54, 1.807) is 0 Å². The molecule has 0 saturated carbocycles. The van der Waals surface area contributed by atoms with Gasteiger partial charge in [-0.2, -0.15) is 0 Å². The van der Waals surface area contributed by atoms with Crippen molar-refractivity contribution in [2.45, 2.75) is 47.5 Å². The average molecular weight is 267 g/mol. The summed E-state index contributed by atoms with van der Waals surface area (Å²) in [6.07, 6.45) is 2.16. The summed E-state index contributed by atoms with van der Waals surface area (Å²) in [6.45, 7) is 12.0. The van der Waals surface area contributed by atoms with E-state index in [-0.39, 0.29) is 0 Å². The molecule has 0 amide bonds. The van der Waals surface area contributed by atoms with Crippen LogP contribution in [0.3, 0.4) is 0 Å². The van der Waals surface area contributed by atoms with Crippen molar-refractivity contribution in [1.29, 1.82) is 0 Å². The minimum Gasteiger partial charge on any atom is -0.494 e. The minimum atomic E-state index is 0.795. The van der Waals surface area contributed by atoms with Gasteiger partial charge in [-0.15, -0.1) is 0 Å². The minimum absolute atomic E-state index is 0.795. The second kappa shape index (κ2) is 15.0. The van der Waals surface area contributed by atoms with E-state index < -0.39 is 0 Å². The molecule has 0 aliphatic heterocycles. The van der Waals surface area contributed by atoms with Crippen molar-refractivity contribution in [2.75, 3.05) is 27.2 Å². The van der Waals surface area contributed by atoms with Crippen LogP contribution in [0, 0.1) is 0 Å². The fourth-order valence-corrected chi connectivity index (χ4v) is 1.39. The zero-order valence-electron chi connectivity index (χ0n) is 14.0. The van der Waals surface area contributed by atoms with Crippen LogP contribution in [0.2, 0.25) is 0 Å². The van der Waals surface area contributed by atoms with Crippen LogP contribution in [-0.4, -0.2) is 32.1 Å². The second-order valence-corrected chi connectivity index (χ2v) is 4.00. The lowest BCUT2D eigenvalue weighted by molar-refractivity contribution is 0.281. The first-order valence-corrected chi connectivity index (χ1v) is 7.59. The molecule has 0 spiro atoms. The molecule has 0 heterocycles. The van der Waals surface area contributed by atoms with E-state index in [1.807, 2.05) is 27.7 Å². The summed E-state index contributed by atoms with van der Waals surface area (Å²) in [5.74, 6) is 0.978. The van der Waals surface area contributed by atoms with Crippen LogP contribution in [0.1, 0.15) is 46.6 Å². The Kier molecular flexibility index (Phi) is 16.1. The smallest absolute Gasteiger partial charge is 0.119 e. The highest BCUT2D eigenvalue weighted by molar-refractivity contribution is 5.27. The summed E-state index contributed by atoms with van der Waals surface area (Å²) >= 11 is 0. The molecule has 0 atom stereocenters. The van der Waals surface area contributed by atoms with Crippen LogP contribution in [0.4, 0.5) is 0 Å². The Bertz CT molecular complexity index is 267. The van der Waals surface area contributed by atoms with Crippen molar-refractivity contribution in [3.63, 3.8) is 0 Å². The van der Waals surface area contributed by atoms with Crippen LogP contribution in [0.15, 0.2) is 24.3 Å². The molecule has 1 aromatic carbocycles. The summed E-state index contributed by atoms with van der Waals surface area (Å²) < 4.78 is 5.63. The summed E-state index contributed by atoms with van der Waals surface area (Å²) in [5, 5.41) is 0. The summed E-state index contributed by atoms with van der Waals surface area (Å²) in [5.41, 5.74) is 1.36. The summed E-state index contributed by atoms with van der Waals surface area (Å²) in [4.78, 5) is 2.17. The zero-order valence-corrected chi connectivity index (χ0v) is 14.0. The molecule has 112 valence electrons. The van der Waals surface area contributed by atoms with Crippen LogP contribution in [-0.2, 0) is 6.42 Å². The third kappa shape index (κ3) is 11.8. The van der Waals surface area contributed by atoms with E-state index in [2.05, 4.69) is 50.2 Å². The monoisotopic (exact) mass is 267 g/mol. The fraction of sp³-hybridized carbons (Fsp3) is 0.647. The quantitative estimate of drug-likeness (QED) is 0.697. The Morgan fingerprint density at radius 1 is 0.947 bits per heavy atom. The molecule has 0 unspecified atom stereocenters. The van der Waals surface area contributed by atoms with Gasteiger partial charge in [0.05, 0.1) is 6.61 Å². The van der Waals surface area contributed by atoms with Crippen molar-refractivity contribution in [1.82, 2.24) is 4.90 Å². The van der Waals surface area contributed by atoms with Gasteiger partial charge in [0.1, 0.15) is 5.75 Å². The van der Waals surface area contributed by atoms with Crippen LogP contribution in [0.25, 0.3) is 0 Å². The van der Waals surface area contributed by atoms with Gasteiger partial charge < -0.3 is 9.64 Å². The molecule has 2 heteroatoms. The highest BCUT2D eigenvalue weighted by atomic mass is 16.5. The molecular formula is C17H33NO. The van der Waals surface area contributed by atoms with Crippen molar-refractivity contribution >= 4 is 0 Å². The van der Waals surface area contributed by atoms with Crippen molar-refractivity contribution < 1.29 is 4.74 Å². The second-order valence-electron chi connectivity index (χ2n) is 4.00. The maximum Gasteiger partial charge on any atom is 0.119 e. The van der Waals surface area contributed by atoms with Gasteiger partial charge in [-0.05, 0) is 44.6 Å². The standard InChI is InChI=1S/C13H21NO.2C2H6/c1-4-12-6-8-13(9-7-12)15-11-5-10-14(2)3;2*1-2/h6-9H,4-5,10-11H2,1-3H3;2*1-2H3. The lowest BCUT2D eigenvalue weighted by Gasteiger charge is -2.10. The molecule has 0 bridgehead atoms. The normalized spacial score (nSPS) is 9.05. The first-order valence-electron chi connectivity index (χ1n) is 7.59. The molecule has 1 rings (SSSR count). The molecule has 0 radical (unpaired) electrons. The van der Waals surface area contributed by atoms with Gasteiger partial charge in [-0.1, -0.05) is 46.8 Å². The summed E-state index contributed by atoms with van der Waals surface area (Å²) in [6, 6.07) is 8.35. The SMILES string of the molecule is CC.CC.CCc1ccc(OCCCN(C)C)cc1. The molecule has 0 aromatic heterocycles. The predicted octanol–water partition coefficient (Wildman–Crippen LogP) is 4.63.